The highest BCUT2D eigenvalue weighted by molar-refractivity contribution is 5.76. The minimum Gasteiger partial charge on any atom is -0.466 e. The van der Waals surface area contributed by atoms with Gasteiger partial charge >= 0.3 is 5.97 Å². The number of rotatable bonds is 49. The molecule has 1 fully saturated rings. The number of aliphatic hydroxyl groups excluding tert-OH is 5. The standard InChI is InChI=1S/C58H107NO10/c1-3-5-7-9-11-13-14-22-26-30-34-38-42-46-54(63)67-47-43-39-35-31-27-24-21-19-17-15-16-18-20-23-25-29-33-37-41-45-53(62)59-50(51(61)44-40-36-32-28-12-10-8-6-4-2)49-68-58-57(66)56(65)55(64)52(48-60)69-58/h7,9,13-14,40,44,50-52,55-58,60-61,64-66H,3-6,8,10-12,15-39,41-43,45-49H2,1-2H3,(H,59,62)/b9-7-,14-13-,44-40+. The second kappa shape index (κ2) is 48.2. The van der Waals surface area contributed by atoms with Crippen LogP contribution in [-0.4, -0.2) is 100 Å². The molecule has 1 aliphatic heterocycles. The van der Waals surface area contributed by atoms with Crippen molar-refractivity contribution in [2.45, 2.75) is 301 Å². The van der Waals surface area contributed by atoms with Crippen LogP contribution in [0.2, 0.25) is 0 Å². The number of carbonyl (C=O) groups is 2. The summed E-state index contributed by atoms with van der Waals surface area (Å²) >= 11 is 0. The zero-order valence-corrected chi connectivity index (χ0v) is 44.3. The number of hydrogen-bond acceptors (Lipinski definition) is 10. The fourth-order valence-electron chi connectivity index (χ4n) is 8.88. The summed E-state index contributed by atoms with van der Waals surface area (Å²) in [4.78, 5) is 25.0. The van der Waals surface area contributed by atoms with Crippen molar-refractivity contribution in [3.8, 4) is 0 Å². The number of ether oxygens (including phenoxy) is 3. The summed E-state index contributed by atoms with van der Waals surface area (Å²) < 4.78 is 16.7. The van der Waals surface area contributed by atoms with Crippen LogP contribution in [0.25, 0.3) is 0 Å². The van der Waals surface area contributed by atoms with Crippen molar-refractivity contribution in [3.63, 3.8) is 0 Å². The Labute approximate surface area is 422 Å². The van der Waals surface area contributed by atoms with Gasteiger partial charge in [0.2, 0.25) is 5.91 Å². The Balaban J connectivity index is 2.03. The second-order valence-corrected chi connectivity index (χ2v) is 20.0. The number of nitrogens with one attached hydrogen (secondary N) is 1. The van der Waals surface area contributed by atoms with E-state index in [4.69, 9.17) is 14.2 Å². The average Bonchev–Trinajstić information content (AvgIpc) is 3.34. The zero-order chi connectivity index (χ0) is 50.3. The van der Waals surface area contributed by atoms with E-state index in [-0.39, 0.29) is 18.5 Å². The maximum absolute atomic E-state index is 13.0. The first-order chi connectivity index (χ1) is 33.7. The lowest BCUT2D eigenvalue weighted by Gasteiger charge is -2.40. The van der Waals surface area contributed by atoms with Crippen molar-refractivity contribution >= 4 is 11.9 Å². The number of carbonyl (C=O) groups excluding carboxylic acids is 2. The SMILES string of the molecule is CCC/C=C\C/C=C\CCCCCCCC(=O)OCCCCCCCCCCCCCCCCCCCCCC(=O)NC(COC1OC(CO)C(O)C(O)C1O)C(O)/C=C/CCCCCCCCC. The lowest BCUT2D eigenvalue weighted by Crippen LogP contribution is -2.60. The molecular formula is C58H107NO10. The van der Waals surface area contributed by atoms with Crippen LogP contribution in [0.4, 0.5) is 0 Å². The van der Waals surface area contributed by atoms with Crippen molar-refractivity contribution in [1.29, 1.82) is 0 Å². The molecule has 0 aromatic heterocycles. The molecule has 1 rings (SSSR count). The van der Waals surface area contributed by atoms with Crippen LogP contribution in [0.1, 0.15) is 258 Å². The van der Waals surface area contributed by atoms with E-state index in [1.54, 1.807) is 6.08 Å². The Morgan fingerprint density at radius 3 is 1.52 bits per heavy atom. The third-order valence-corrected chi connectivity index (χ3v) is 13.5. The van der Waals surface area contributed by atoms with Gasteiger partial charge in [0.05, 0.1) is 32.0 Å². The first-order valence-corrected chi connectivity index (χ1v) is 28.8. The Hall–Kier alpha value is -2.12. The van der Waals surface area contributed by atoms with E-state index in [9.17, 15) is 35.1 Å². The number of aliphatic hydroxyl groups is 5. The van der Waals surface area contributed by atoms with Crippen molar-refractivity contribution < 1.29 is 49.3 Å². The summed E-state index contributed by atoms with van der Waals surface area (Å²) in [5.74, 6) is -0.209. The lowest BCUT2D eigenvalue weighted by molar-refractivity contribution is -0.302. The van der Waals surface area contributed by atoms with Crippen molar-refractivity contribution in [1.82, 2.24) is 5.32 Å². The van der Waals surface area contributed by atoms with Gasteiger partial charge in [0.25, 0.3) is 0 Å². The predicted octanol–water partition coefficient (Wildman–Crippen LogP) is 12.7. The van der Waals surface area contributed by atoms with E-state index < -0.39 is 49.5 Å². The van der Waals surface area contributed by atoms with E-state index in [0.717, 1.165) is 77.0 Å². The van der Waals surface area contributed by atoms with Gasteiger partial charge in [-0.3, -0.25) is 9.59 Å². The van der Waals surface area contributed by atoms with Gasteiger partial charge in [-0.25, -0.2) is 0 Å². The molecule has 1 amide bonds. The highest BCUT2D eigenvalue weighted by Crippen LogP contribution is 2.23. The number of allylic oxidation sites excluding steroid dienone is 5. The quantitative estimate of drug-likeness (QED) is 0.0196. The molecule has 69 heavy (non-hydrogen) atoms. The Bertz CT molecular complexity index is 1240. The van der Waals surface area contributed by atoms with Crippen LogP contribution < -0.4 is 5.32 Å². The largest absolute Gasteiger partial charge is 0.466 e. The number of hydrogen-bond donors (Lipinski definition) is 6. The molecule has 1 saturated heterocycles. The van der Waals surface area contributed by atoms with Crippen LogP contribution >= 0.6 is 0 Å². The summed E-state index contributed by atoms with van der Waals surface area (Å²) in [7, 11) is 0. The number of unbranched alkanes of at least 4 members (excludes halogenated alkanes) is 31. The van der Waals surface area contributed by atoms with E-state index in [1.807, 2.05) is 6.08 Å². The van der Waals surface area contributed by atoms with Gasteiger partial charge in [-0.1, -0.05) is 224 Å². The van der Waals surface area contributed by atoms with Gasteiger partial charge in [-0.15, -0.1) is 0 Å². The van der Waals surface area contributed by atoms with Crippen LogP contribution in [0.3, 0.4) is 0 Å². The van der Waals surface area contributed by atoms with E-state index in [2.05, 4.69) is 43.5 Å². The molecule has 0 spiro atoms. The summed E-state index contributed by atoms with van der Waals surface area (Å²) in [6.07, 6.45) is 48.1. The topological polar surface area (TPSA) is 175 Å². The summed E-state index contributed by atoms with van der Waals surface area (Å²) in [5.41, 5.74) is 0. The molecule has 11 nitrogen and oxygen atoms in total. The Morgan fingerprint density at radius 1 is 0.536 bits per heavy atom. The molecular weight excluding hydrogens is 871 g/mol. The highest BCUT2D eigenvalue weighted by Gasteiger charge is 2.44. The molecule has 0 bridgehead atoms. The third kappa shape index (κ3) is 38.2. The summed E-state index contributed by atoms with van der Waals surface area (Å²) in [6, 6.07) is -0.811. The fourth-order valence-corrected chi connectivity index (χ4v) is 8.88. The maximum Gasteiger partial charge on any atom is 0.305 e. The number of amides is 1. The minimum absolute atomic E-state index is 0.0216. The average molecular weight is 978 g/mol. The van der Waals surface area contributed by atoms with Crippen LogP contribution in [0.15, 0.2) is 36.5 Å². The normalized spacial score (nSPS) is 19.6. The second-order valence-electron chi connectivity index (χ2n) is 20.0. The van der Waals surface area contributed by atoms with Gasteiger partial charge in [-0.05, 0) is 57.8 Å². The molecule has 0 aromatic carbocycles. The highest BCUT2D eigenvalue weighted by atomic mass is 16.7. The smallest absolute Gasteiger partial charge is 0.305 e. The van der Waals surface area contributed by atoms with E-state index in [0.29, 0.717) is 19.4 Å². The number of esters is 1. The molecule has 6 N–H and O–H groups in total. The first kappa shape index (κ1) is 64.9. The van der Waals surface area contributed by atoms with Crippen molar-refractivity contribution in [2.24, 2.45) is 0 Å². The van der Waals surface area contributed by atoms with Crippen molar-refractivity contribution in [3.05, 3.63) is 36.5 Å². The van der Waals surface area contributed by atoms with E-state index in [1.165, 1.54) is 154 Å². The lowest BCUT2D eigenvalue weighted by atomic mass is 9.99. The van der Waals surface area contributed by atoms with Crippen LogP contribution in [0.5, 0.6) is 0 Å². The molecule has 404 valence electrons. The molecule has 1 aliphatic rings. The van der Waals surface area contributed by atoms with Crippen LogP contribution in [0, 0.1) is 0 Å². The summed E-state index contributed by atoms with van der Waals surface area (Å²) in [6.45, 7) is 4.23. The Kier molecular flexibility index (Phi) is 45.3. The van der Waals surface area contributed by atoms with E-state index >= 15 is 0 Å². The molecule has 0 saturated carbocycles. The third-order valence-electron chi connectivity index (χ3n) is 13.5. The molecule has 7 atom stereocenters. The van der Waals surface area contributed by atoms with Gasteiger partial charge in [0.15, 0.2) is 6.29 Å². The first-order valence-electron chi connectivity index (χ1n) is 28.8. The zero-order valence-electron chi connectivity index (χ0n) is 44.3. The molecule has 1 heterocycles. The van der Waals surface area contributed by atoms with Gasteiger partial charge in [0.1, 0.15) is 24.4 Å². The molecule has 7 unspecified atom stereocenters. The Morgan fingerprint density at radius 2 is 1.00 bits per heavy atom. The molecule has 0 aliphatic carbocycles. The van der Waals surface area contributed by atoms with Crippen LogP contribution in [-0.2, 0) is 23.8 Å². The minimum atomic E-state index is -1.57. The summed E-state index contributed by atoms with van der Waals surface area (Å²) in [5, 5.41) is 54.2. The molecule has 11 heteroatoms. The predicted molar refractivity (Wildman–Crippen MR) is 283 cm³/mol. The fraction of sp³-hybridized carbons (Fsp3) is 0.862. The molecule has 0 aromatic rings. The van der Waals surface area contributed by atoms with Gasteiger partial charge in [0, 0.05) is 12.8 Å². The van der Waals surface area contributed by atoms with Gasteiger partial charge < -0.3 is 45.1 Å². The monoisotopic (exact) mass is 978 g/mol. The van der Waals surface area contributed by atoms with Crippen molar-refractivity contribution in [2.75, 3.05) is 19.8 Å². The maximum atomic E-state index is 13.0. The van der Waals surface area contributed by atoms with Gasteiger partial charge in [-0.2, -0.15) is 0 Å². The molecule has 0 radical (unpaired) electrons.